The molecule has 1 rings (SSSR count). The van der Waals surface area contributed by atoms with Crippen LogP contribution in [0.1, 0.15) is 13.8 Å². The quantitative estimate of drug-likeness (QED) is 0.823. The lowest BCUT2D eigenvalue weighted by Crippen LogP contribution is -2.49. The molecule has 0 bridgehead atoms. The van der Waals surface area contributed by atoms with E-state index in [1.807, 2.05) is 0 Å². The zero-order valence-electron chi connectivity index (χ0n) is 9.29. The first kappa shape index (κ1) is 12.4. The van der Waals surface area contributed by atoms with Crippen LogP contribution >= 0.6 is 0 Å². The molecule has 0 radical (unpaired) electrons. The predicted octanol–water partition coefficient (Wildman–Crippen LogP) is 1.65. The minimum Gasteiger partial charge on any atom is -0.410 e. The number of carbonyl (C=O) groups excluding carboxylic acids is 1. The SMILES string of the molecule is CC(C)(CN)NC(=O)Oc1ccc(F)cc1. The van der Waals surface area contributed by atoms with Crippen molar-refractivity contribution in [2.75, 3.05) is 6.54 Å². The van der Waals surface area contributed by atoms with Gasteiger partial charge in [-0.05, 0) is 38.1 Å². The molecule has 0 saturated carbocycles. The van der Waals surface area contributed by atoms with Gasteiger partial charge in [0.1, 0.15) is 11.6 Å². The standard InChI is InChI=1S/C11H15FN2O2/c1-11(2,7-13)14-10(15)16-9-5-3-8(12)4-6-9/h3-6H,7,13H2,1-2H3,(H,14,15). The Morgan fingerprint density at radius 3 is 2.50 bits per heavy atom. The van der Waals surface area contributed by atoms with Gasteiger partial charge in [0.15, 0.2) is 0 Å². The van der Waals surface area contributed by atoms with Crippen molar-refractivity contribution in [3.63, 3.8) is 0 Å². The van der Waals surface area contributed by atoms with Crippen LogP contribution in [-0.2, 0) is 0 Å². The predicted molar refractivity (Wildman–Crippen MR) is 58.7 cm³/mol. The molecule has 3 N–H and O–H groups in total. The van der Waals surface area contributed by atoms with E-state index in [-0.39, 0.29) is 11.6 Å². The number of rotatable bonds is 3. The van der Waals surface area contributed by atoms with Crippen molar-refractivity contribution in [1.29, 1.82) is 0 Å². The second-order valence-corrected chi connectivity index (χ2v) is 4.06. The van der Waals surface area contributed by atoms with E-state index in [2.05, 4.69) is 5.32 Å². The van der Waals surface area contributed by atoms with Gasteiger partial charge in [-0.3, -0.25) is 0 Å². The van der Waals surface area contributed by atoms with Gasteiger partial charge in [0, 0.05) is 12.1 Å². The number of ether oxygens (including phenoxy) is 1. The number of halogens is 1. The van der Waals surface area contributed by atoms with Crippen LogP contribution in [-0.4, -0.2) is 18.2 Å². The minimum atomic E-state index is -0.609. The lowest BCUT2D eigenvalue weighted by Gasteiger charge is -2.23. The summed E-state index contributed by atoms with van der Waals surface area (Å²) in [5, 5.41) is 2.59. The Labute approximate surface area is 93.6 Å². The van der Waals surface area contributed by atoms with Gasteiger partial charge >= 0.3 is 6.09 Å². The van der Waals surface area contributed by atoms with Crippen LogP contribution in [0, 0.1) is 5.82 Å². The molecule has 1 amide bonds. The molecule has 0 aliphatic carbocycles. The van der Waals surface area contributed by atoms with E-state index in [9.17, 15) is 9.18 Å². The first-order valence-electron chi connectivity index (χ1n) is 4.88. The smallest absolute Gasteiger partial charge is 0.410 e. The van der Waals surface area contributed by atoms with Gasteiger partial charge in [-0.25, -0.2) is 9.18 Å². The minimum absolute atomic E-state index is 0.284. The fourth-order valence-corrected chi connectivity index (χ4v) is 0.963. The summed E-state index contributed by atoms with van der Waals surface area (Å²) in [5.74, 6) is -0.0956. The molecule has 4 nitrogen and oxygen atoms in total. The Balaban J connectivity index is 2.55. The maximum atomic E-state index is 12.6. The topological polar surface area (TPSA) is 64.3 Å². The summed E-state index contributed by atoms with van der Waals surface area (Å²) in [7, 11) is 0. The molecule has 0 atom stereocenters. The molecule has 0 heterocycles. The van der Waals surface area contributed by atoms with Gasteiger partial charge < -0.3 is 15.8 Å². The summed E-state index contributed by atoms with van der Waals surface area (Å²) in [4.78, 5) is 11.4. The largest absolute Gasteiger partial charge is 0.413 e. The molecule has 1 aromatic carbocycles. The molecule has 0 fully saturated rings. The molecule has 0 spiro atoms. The maximum absolute atomic E-state index is 12.6. The Kier molecular flexibility index (Phi) is 3.84. The third kappa shape index (κ3) is 3.86. The molecule has 1 aromatic rings. The van der Waals surface area contributed by atoms with Crippen LogP contribution in [0.2, 0.25) is 0 Å². The van der Waals surface area contributed by atoms with Gasteiger partial charge in [0.2, 0.25) is 0 Å². The van der Waals surface area contributed by atoms with Crippen LogP contribution in [0.5, 0.6) is 5.75 Å². The average molecular weight is 226 g/mol. The average Bonchev–Trinajstić information content (AvgIpc) is 2.21. The second kappa shape index (κ2) is 4.94. The highest BCUT2D eigenvalue weighted by Crippen LogP contribution is 2.11. The molecule has 0 aromatic heterocycles. The summed E-state index contributed by atoms with van der Waals surface area (Å²) >= 11 is 0. The highest BCUT2D eigenvalue weighted by atomic mass is 19.1. The second-order valence-electron chi connectivity index (χ2n) is 4.06. The fraction of sp³-hybridized carbons (Fsp3) is 0.364. The Morgan fingerprint density at radius 2 is 2.00 bits per heavy atom. The van der Waals surface area contributed by atoms with E-state index in [1.54, 1.807) is 13.8 Å². The number of hydrogen-bond donors (Lipinski definition) is 2. The number of amides is 1. The van der Waals surface area contributed by atoms with Gasteiger partial charge in [0.05, 0.1) is 0 Å². The monoisotopic (exact) mass is 226 g/mol. The maximum Gasteiger partial charge on any atom is 0.413 e. The van der Waals surface area contributed by atoms with Crippen LogP contribution < -0.4 is 15.8 Å². The summed E-state index contributed by atoms with van der Waals surface area (Å²) < 4.78 is 17.5. The zero-order valence-corrected chi connectivity index (χ0v) is 9.29. The van der Waals surface area contributed by atoms with Crippen molar-refractivity contribution in [1.82, 2.24) is 5.32 Å². The third-order valence-electron chi connectivity index (χ3n) is 1.97. The van der Waals surface area contributed by atoms with Crippen molar-refractivity contribution >= 4 is 6.09 Å². The van der Waals surface area contributed by atoms with Crippen molar-refractivity contribution in [3.05, 3.63) is 30.1 Å². The third-order valence-corrected chi connectivity index (χ3v) is 1.97. The van der Waals surface area contributed by atoms with Crippen molar-refractivity contribution < 1.29 is 13.9 Å². The number of carbonyl (C=O) groups is 1. The molecule has 5 heteroatoms. The normalized spacial score (nSPS) is 11.0. The molecule has 0 unspecified atom stereocenters. The number of nitrogens with two attached hydrogens (primary N) is 1. The fourth-order valence-electron chi connectivity index (χ4n) is 0.963. The lowest BCUT2D eigenvalue weighted by molar-refractivity contribution is 0.189. The molecule has 0 aliphatic heterocycles. The number of nitrogens with one attached hydrogen (secondary N) is 1. The van der Waals surface area contributed by atoms with E-state index < -0.39 is 11.6 Å². The molecular weight excluding hydrogens is 211 g/mol. The van der Waals surface area contributed by atoms with Gasteiger partial charge in [-0.15, -0.1) is 0 Å². The molecular formula is C11H15FN2O2. The molecule has 0 saturated heterocycles. The zero-order chi connectivity index (χ0) is 12.2. The molecule has 16 heavy (non-hydrogen) atoms. The lowest BCUT2D eigenvalue weighted by atomic mass is 10.1. The Bertz CT molecular complexity index is 363. The van der Waals surface area contributed by atoms with Gasteiger partial charge in [0.25, 0.3) is 0 Å². The molecule has 0 aliphatic rings. The first-order chi connectivity index (χ1) is 7.43. The highest BCUT2D eigenvalue weighted by molar-refractivity contribution is 5.71. The number of hydrogen-bond acceptors (Lipinski definition) is 3. The van der Waals surface area contributed by atoms with Crippen molar-refractivity contribution in [2.24, 2.45) is 5.73 Å². The van der Waals surface area contributed by atoms with Crippen molar-refractivity contribution in [2.45, 2.75) is 19.4 Å². The van der Waals surface area contributed by atoms with E-state index in [1.165, 1.54) is 24.3 Å². The van der Waals surface area contributed by atoms with Crippen LogP contribution in [0.4, 0.5) is 9.18 Å². The van der Waals surface area contributed by atoms with Crippen LogP contribution in [0.3, 0.4) is 0 Å². The molecule has 88 valence electrons. The van der Waals surface area contributed by atoms with E-state index in [0.29, 0.717) is 6.54 Å². The van der Waals surface area contributed by atoms with Crippen LogP contribution in [0.15, 0.2) is 24.3 Å². The highest BCUT2D eigenvalue weighted by Gasteiger charge is 2.19. The van der Waals surface area contributed by atoms with Gasteiger partial charge in [-0.1, -0.05) is 0 Å². The summed E-state index contributed by atoms with van der Waals surface area (Å²) in [6.45, 7) is 3.85. The summed E-state index contributed by atoms with van der Waals surface area (Å²) in [5.41, 5.74) is 4.92. The van der Waals surface area contributed by atoms with E-state index >= 15 is 0 Å². The first-order valence-corrected chi connectivity index (χ1v) is 4.88. The van der Waals surface area contributed by atoms with E-state index in [0.717, 1.165) is 0 Å². The summed E-state index contributed by atoms with van der Waals surface area (Å²) in [6.07, 6.45) is -0.609. The van der Waals surface area contributed by atoms with E-state index in [4.69, 9.17) is 10.5 Å². The van der Waals surface area contributed by atoms with Crippen molar-refractivity contribution in [3.8, 4) is 5.75 Å². The Hall–Kier alpha value is -1.62. The van der Waals surface area contributed by atoms with Gasteiger partial charge in [-0.2, -0.15) is 0 Å². The summed E-state index contributed by atoms with van der Waals surface area (Å²) in [6, 6.07) is 5.20. The number of benzene rings is 1. The van der Waals surface area contributed by atoms with Crippen LogP contribution in [0.25, 0.3) is 0 Å². The Morgan fingerprint density at radius 1 is 1.44 bits per heavy atom.